The van der Waals surface area contributed by atoms with Crippen LogP contribution in [0.1, 0.15) is 159 Å². The van der Waals surface area contributed by atoms with E-state index in [2.05, 4.69) is 20.8 Å². The zero-order valence-corrected chi connectivity index (χ0v) is 28.8. The van der Waals surface area contributed by atoms with Gasteiger partial charge in [0.15, 0.2) is 0 Å². The molecule has 217 valence electrons. The van der Waals surface area contributed by atoms with E-state index in [-0.39, 0.29) is 40.8 Å². The molecule has 6 nitrogen and oxygen atoms in total. The van der Waals surface area contributed by atoms with Gasteiger partial charge in [0.2, 0.25) is 0 Å². The smallest absolute Gasteiger partial charge is 0.550 e. The predicted octanol–water partition coefficient (Wildman–Crippen LogP) is 5.20. The van der Waals surface area contributed by atoms with E-state index in [0.29, 0.717) is 0 Å². The van der Waals surface area contributed by atoms with Crippen molar-refractivity contribution in [3.63, 3.8) is 0 Å². The summed E-state index contributed by atoms with van der Waals surface area (Å²) in [5, 5.41) is 32.4. The van der Waals surface area contributed by atoms with E-state index in [1.54, 1.807) is 20.8 Å². The summed E-state index contributed by atoms with van der Waals surface area (Å²) in [6.07, 6.45) is 13.3. The quantitative estimate of drug-likeness (QED) is 0.200. The molecule has 37 heavy (non-hydrogen) atoms. The molecule has 0 amide bonds. The van der Waals surface area contributed by atoms with Crippen LogP contribution >= 0.6 is 0 Å². The van der Waals surface area contributed by atoms with Gasteiger partial charge >= 0.3 is 40.8 Å². The molecule has 0 saturated carbocycles. The summed E-state index contributed by atoms with van der Waals surface area (Å²) in [6, 6.07) is 0. The standard InChI is InChI=1S/3C10H20O2.Nd/c3*1-4-6-8-10(3,7-5-2)9(11)12;/h3*4-8H2,1-3H3,(H,11,12);/q;;;+3/p-3. The molecule has 0 N–H and O–H groups in total. The second-order valence-electron chi connectivity index (χ2n) is 11.1. The van der Waals surface area contributed by atoms with Crippen molar-refractivity contribution in [3.05, 3.63) is 0 Å². The Morgan fingerprint density at radius 2 is 0.622 bits per heavy atom. The minimum absolute atomic E-state index is 0. The van der Waals surface area contributed by atoms with Crippen molar-refractivity contribution < 1.29 is 70.5 Å². The number of carbonyl (C=O) groups is 3. The van der Waals surface area contributed by atoms with Crippen LogP contribution in [-0.2, 0) is 14.4 Å². The van der Waals surface area contributed by atoms with Crippen LogP contribution in [0.5, 0.6) is 0 Å². The number of hydrogen-bond acceptors (Lipinski definition) is 6. The van der Waals surface area contributed by atoms with Crippen LogP contribution in [0.25, 0.3) is 0 Å². The monoisotopic (exact) mass is 655 g/mol. The van der Waals surface area contributed by atoms with Gasteiger partial charge in [0.05, 0.1) is 0 Å². The summed E-state index contributed by atoms with van der Waals surface area (Å²) in [6.45, 7) is 17.6. The first-order valence-electron chi connectivity index (χ1n) is 14.3. The van der Waals surface area contributed by atoms with Gasteiger partial charge < -0.3 is 29.7 Å². The van der Waals surface area contributed by atoms with Crippen molar-refractivity contribution in [3.8, 4) is 0 Å². The van der Waals surface area contributed by atoms with E-state index in [1.807, 2.05) is 20.8 Å². The summed E-state index contributed by atoms with van der Waals surface area (Å²) in [4.78, 5) is 32.4. The summed E-state index contributed by atoms with van der Waals surface area (Å²) in [7, 11) is 0. The third kappa shape index (κ3) is 20.3. The largest absolute Gasteiger partial charge is 3.00 e. The molecule has 3 atom stereocenters. The van der Waals surface area contributed by atoms with Gasteiger partial charge in [0, 0.05) is 34.2 Å². The maximum atomic E-state index is 10.8. The molecule has 0 fully saturated rings. The van der Waals surface area contributed by atoms with Crippen LogP contribution in [0.15, 0.2) is 0 Å². The fourth-order valence-electron chi connectivity index (χ4n) is 4.34. The Kier molecular flexibility index (Phi) is 29.3. The van der Waals surface area contributed by atoms with E-state index in [9.17, 15) is 29.7 Å². The molecule has 3 unspecified atom stereocenters. The molecule has 0 rings (SSSR count). The van der Waals surface area contributed by atoms with Crippen LogP contribution < -0.4 is 15.3 Å². The Labute approximate surface area is 261 Å². The van der Waals surface area contributed by atoms with Crippen molar-refractivity contribution in [2.45, 2.75) is 159 Å². The predicted molar refractivity (Wildman–Crippen MR) is 143 cm³/mol. The molecule has 0 bridgehead atoms. The molecule has 0 heterocycles. The third-order valence-corrected chi connectivity index (χ3v) is 7.13. The van der Waals surface area contributed by atoms with E-state index in [4.69, 9.17) is 0 Å². The molecule has 0 saturated heterocycles. The van der Waals surface area contributed by atoms with Crippen LogP contribution in [0, 0.1) is 57.1 Å². The topological polar surface area (TPSA) is 120 Å². The number of rotatable bonds is 18. The maximum Gasteiger partial charge on any atom is 3.00 e. The van der Waals surface area contributed by atoms with E-state index < -0.39 is 34.2 Å². The first-order chi connectivity index (χ1) is 16.7. The van der Waals surface area contributed by atoms with Gasteiger partial charge in [-0.3, -0.25) is 0 Å². The summed E-state index contributed by atoms with van der Waals surface area (Å²) < 4.78 is 0. The number of carboxylic acid groups (broad SMARTS) is 3. The fraction of sp³-hybridized carbons (Fsp3) is 0.900. The van der Waals surface area contributed by atoms with Gasteiger partial charge in [0.25, 0.3) is 0 Å². The molecule has 0 spiro atoms. The molecule has 0 aromatic rings. The molecule has 0 aliphatic carbocycles. The van der Waals surface area contributed by atoms with Gasteiger partial charge in [0.1, 0.15) is 0 Å². The maximum absolute atomic E-state index is 10.8. The number of aliphatic carboxylic acids is 3. The molecule has 7 heteroatoms. The Morgan fingerprint density at radius 1 is 0.432 bits per heavy atom. The number of unbranched alkanes of at least 4 members (excludes halogenated alkanes) is 3. The normalized spacial score (nSPS) is 15.2. The van der Waals surface area contributed by atoms with Crippen LogP contribution in [-0.4, -0.2) is 17.9 Å². The van der Waals surface area contributed by atoms with Crippen molar-refractivity contribution in [2.75, 3.05) is 0 Å². The summed E-state index contributed by atoms with van der Waals surface area (Å²) in [5.41, 5.74) is -1.78. The summed E-state index contributed by atoms with van der Waals surface area (Å²) >= 11 is 0. The fourth-order valence-corrected chi connectivity index (χ4v) is 4.34. The van der Waals surface area contributed by atoms with Gasteiger partial charge in [-0.1, -0.05) is 120 Å². The Balaban J connectivity index is -0.000000218. The molecule has 0 aromatic heterocycles. The van der Waals surface area contributed by atoms with Gasteiger partial charge in [-0.25, -0.2) is 0 Å². The average Bonchev–Trinajstić information content (AvgIpc) is 2.81. The first kappa shape index (κ1) is 43.8. The summed E-state index contributed by atoms with van der Waals surface area (Å²) in [5.74, 6) is -2.67. The average molecular weight is 658 g/mol. The van der Waals surface area contributed by atoms with Crippen molar-refractivity contribution in [1.82, 2.24) is 0 Å². The van der Waals surface area contributed by atoms with E-state index >= 15 is 0 Å². The Morgan fingerprint density at radius 3 is 0.730 bits per heavy atom. The second-order valence-corrected chi connectivity index (χ2v) is 11.1. The Hall–Kier alpha value is -0.239. The first-order valence-corrected chi connectivity index (χ1v) is 14.3. The molecular weight excluding hydrogens is 601 g/mol. The molecule has 0 aromatic carbocycles. The SMILES string of the molecule is CCCCC(C)(CCC)C(=O)[O-].CCCCC(C)(CCC)C(=O)[O-].CCCCC(C)(CCC)C(=O)[O-].[Nd+3]. The van der Waals surface area contributed by atoms with Crippen LogP contribution in [0.3, 0.4) is 0 Å². The van der Waals surface area contributed by atoms with Gasteiger partial charge in [-0.15, -0.1) is 0 Å². The van der Waals surface area contributed by atoms with Crippen LogP contribution in [0.4, 0.5) is 0 Å². The number of carboxylic acids is 3. The van der Waals surface area contributed by atoms with Gasteiger partial charge in [-0.2, -0.15) is 0 Å². The van der Waals surface area contributed by atoms with E-state index in [0.717, 1.165) is 96.3 Å². The van der Waals surface area contributed by atoms with Gasteiger partial charge in [-0.05, 0) is 38.5 Å². The number of hydrogen-bond donors (Lipinski definition) is 0. The minimum atomic E-state index is -0.891. The third-order valence-electron chi connectivity index (χ3n) is 7.13. The molecule has 1 radical (unpaired) electrons. The second kappa shape index (κ2) is 24.8. The van der Waals surface area contributed by atoms with E-state index in [1.165, 1.54) is 0 Å². The molecule has 0 aliphatic rings. The zero-order chi connectivity index (χ0) is 28.8. The van der Waals surface area contributed by atoms with Crippen molar-refractivity contribution in [2.24, 2.45) is 16.2 Å². The Bertz CT molecular complexity index is 516. The van der Waals surface area contributed by atoms with Crippen molar-refractivity contribution >= 4 is 17.9 Å². The number of carbonyl (C=O) groups excluding carboxylic acids is 3. The van der Waals surface area contributed by atoms with Crippen LogP contribution in [0.2, 0.25) is 0 Å². The zero-order valence-electron chi connectivity index (χ0n) is 25.6. The molecule has 0 aliphatic heterocycles. The van der Waals surface area contributed by atoms with Crippen molar-refractivity contribution in [1.29, 1.82) is 0 Å². The molecular formula is C30H57NdO6. The minimum Gasteiger partial charge on any atom is -0.550 e.